The second-order valence-corrected chi connectivity index (χ2v) is 13.0. The van der Waals surface area contributed by atoms with Crippen LogP contribution in [0.25, 0.3) is 30.9 Å². The molecule has 2 nitrogen and oxygen atoms in total. The first-order valence-electron chi connectivity index (χ1n) is 12.2. The fourth-order valence-corrected chi connectivity index (χ4v) is 6.96. The van der Waals surface area contributed by atoms with Crippen molar-refractivity contribution in [3.8, 4) is 0 Å². The van der Waals surface area contributed by atoms with E-state index in [4.69, 9.17) is 0 Å². The summed E-state index contributed by atoms with van der Waals surface area (Å²) < 4.78 is 2.68. The molecular formula is C31H32N2S2. The van der Waals surface area contributed by atoms with Gasteiger partial charge >= 0.3 is 0 Å². The highest BCUT2D eigenvalue weighted by molar-refractivity contribution is 7.24. The molecule has 2 aromatic heterocycles. The van der Waals surface area contributed by atoms with Gasteiger partial charge < -0.3 is 0 Å². The summed E-state index contributed by atoms with van der Waals surface area (Å²) in [4.78, 5) is 10.7. The SMILES string of the molecule is Cc1sc2c(ccc3sc(/N=C\N=Cc4cc(C(C)(C)C)c5ccccc5c4)cc32)c1CC(C)C. The monoisotopic (exact) mass is 496 g/mol. The van der Waals surface area contributed by atoms with Crippen LogP contribution in [-0.4, -0.2) is 12.6 Å². The van der Waals surface area contributed by atoms with E-state index in [0.717, 1.165) is 17.0 Å². The quantitative estimate of drug-likeness (QED) is 0.171. The van der Waals surface area contributed by atoms with Crippen molar-refractivity contribution in [2.45, 2.75) is 53.4 Å². The highest BCUT2D eigenvalue weighted by atomic mass is 32.1. The summed E-state index contributed by atoms with van der Waals surface area (Å²) in [7, 11) is 0. The summed E-state index contributed by atoms with van der Waals surface area (Å²) in [5.74, 6) is 0.657. The third-order valence-corrected chi connectivity index (χ3v) is 8.63. The third-order valence-electron chi connectivity index (χ3n) is 6.42. The molecule has 0 saturated heterocycles. The van der Waals surface area contributed by atoms with Crippen LogP contribution < -0.4 is 0 Å². The van der Waals surface area contributed by atoms with Gasteiger partial charge in [-0.15, -0.1) is 22.7 Å². The average Bonchev–Trinajstić information content (AvgIpc) is 3.36. The van der Waals surface area contributed by atoms with Crippen molar-refractivity contribution >= 4 is 71.2 Å². The topological polar surface area (TPSA) is 24.7 Å². The van der Waals surface area contributed by atoms with Crippen molar-refractivity contribution < 1.29 is 0 Å². The van der Waals surface area contributed by atoms with E-state index in [-0.39, 0.29) is 5.41 Å². The van der Waals surface area contributed by atoms with Crippen LogP contribution in [0.2, 0.25) is 0 Å². The molecule has 0 saturated carbocycles. The molecule has 35 heavy (non-hydrogen) atoms. The molecule has 2 heterocycles. The van der Waals surface area contributed by atoms with E-state index in [2.05, 4.69) is 106 Å². The van der Waals surface area contributed by atoms with E-state index in [1.807, 2.05) is 17.6 Å². The van der Waals surface area contributed by atoms with Gasteiger partial charge in [0.25, 0.3) is 0 Å². The Morgan fingerprint density at radius 1 is 0.914 bits per heavy atom. The van der Waals surface area contributed by atoms with E-state index in [9.17, 15) is 0 Å². The lowest BCUT2D eigenvalue weighted by atomic mass is 9.83. The van der Waals surface area contributed by atoms with Gasteiger partial charge in [0.2, 0.25) is 0 Å². The maximum Gasteiger partial charge on any atom is 0.119 e. The molecule has 0 aliphatic rings. The molecule has 5 aromatic rings. The van der Waals surface area contributed by atoms with E-state index in [1.54, 1.807) is 17.7 Å². The van der Waals surface area contributed by atoms with Crippen LogP contribution in [0.3, 0.4) is 0 Å². The molecule has 0 atom stereocenters. The van der Waals surface area contributed by atoms with Crippen LogP contribution >= 0.6 is 22.7 Å². The highest BCUT2D eigenvalue weighted by Gasteiger charge is 2.17. The maximum absolute atomic E-state index is 4.68. The van der Waals surface area contributed by atoms with E-state index < -0.39 is 0 Å². The smallest absolute Gasteiger partial charge is 0.119 e. The minimum Gasteiger partial charge on any atom is -0.244 e. The second-order valence-electron chi connectivity index (χ2n) is 10.7. The minimum atomic E-state index is 0.0646. The Morgan fingerprint density at radius 2 is 1.71 bits per heavy atom. The Kier molecular flexibility index (Phi) is 6.37. The van der Waals surface area contributed by atoms with Gasteiger partial charge in [0.1, 0.15) is 11.3 Å². The first-order valence-corrected chi connectivity index (χ1v) is 13.9. The van der Waals surface area contributed by atoms with Gasteiger partial charge in [-0.05, 0) is 81.8 Å². The first-order chi connectivity index (χ1) is 16.7. The summed E-state index contributed by atoms with van der Waals surface area (Å²) in [5.41, 5.74) is 4.01. The summed E-state index contributed by atoms with van der Waals surface area (Å²) in [6.07, 6.45) is 4.72. The zero-order valence-electron chi connectivity index (χ0n) is 21.3. The second kappa shape index (κ2) is 9.33. The fourth-order valence-electron chi connectivity index (χ4n) is 4.79. The Labute approximate surface area is 216 Å². The largest absolute Gasteiger partial charge is 0.244 e. The average molecular weight is 497 g/mol. The number of hydrogen-bond donors (Lipinski definition) is 0. The normalized spacial score (nSPS) is 13.0. The van der Waals surface area contributed by atoms with Crippen LogP contribution in [0.4, 0.5) is 5.00 Å². The number of thiophene rings is 2. The van der Waals surface area contributed by atoms with Crippen LogP contribution in [0, 0.1) is 12.8 Å². The summed E-state index contributed by atoms with van der Waals surface area (Å²) in [6, 6.07) is 19.8. The van der Waals surface area contributed by atoms with Gasteiger partial charge in [-0.25, -0.2) is 9.98 Å². The third kappa shape index (κ3) is 4.82. The Hall–Kier alpha value is -2.82. The van der Waals surface area contributed by atoms with Gasteiger partial charge in [0.05, 0.1) is 0 Å². The molecule has 0 aliphatic heterocycles. The Bertz CT molecular complexity index is 1590. The number of benzene rings is 3. The van der Waals surface area contributed by atoms with E-state index in [1.165, 1.54) is 46.9 Å². The van der Waals surface area contributed by atoms with Gasteiger partial charge in [0.15, 0.2) is 0 Å². The van der Waals surface area contributed by atoms with Gasteiger partial charge in [-0.2, -0.15) is 0 Å². The lowest BCUT2D eigenvalue weighted by Crippen LogP contribution is -2.12. The van der Waals surface area contributed by atoms with Crippen LogP contribution in [0.15, 0.2) is 64.6 Å². The number of nitrogens with zero attached hydrogens (tertiary/aromatic N) is 2. The van der Waals surface area contributed by atoms with Crippen LogP contribution in [0.5, 0.6) is 0 Å². The molecule has 3 aromatic carbocycles. The Balaban J connectivity index is 1.44. The van der Waals surface area contributed by atoms with Crippen molar-refractivity contribution in [2.75, 3.05) is 0 Å². The van der Waals surface area contributed by atoms with Crippen LogP contribution in [0.1, 0.15) is 56.2 Å². The zero-order valence-corrected chi connectivity index (χ0v) is 23.0. The fraction of sp³-hybridized carbons (Fsp3) is 0.290. The molecule has 0 radical (unpaired) electrons. The number of aliphatic imine (C=N–C) groups is 2. The predicted molar refractivity (Wildman–Crippen MR) is 159 cm³/mol. The lowest BCUT2D eigenvalue weighted by Gasteiger charge is -2.22. The molecule has 0 amide bonds. The molecule has 5 rings (SSSR count). The van der Waals surface area contributed by atoms with Crippen molar-refractivity contribution in [1.29, 1.82) is 0 Å². The number of rotatable bonds is 5. The molecule has 0 aliphatic carbocycles. The van der Waals surface area contributed by atoms with Crippen molar-refractivity contribution in [3.63, 3.8) is 0 Å². The molecule has 0 unspecified atom stereocenters. The summed E-state index contributed by atoms with van der Waals surface area (Å²) >= 11 is 3.65. The van der Waals surface area contributed by atoms with Crippen molar-refractivity contribution in [2.24, 2.45) is 15.9 Å². The minimum absolute atomic E-state index is 0.0646. The molecule has 0 spiro atoms. The number of hydrogen-bond acceptors (Lipinski definition) is 3. The molecule has 4 heteroatoms. The summed E-state index contributed by atoms with van der Waals surface area (Å²) in [6.45, 7) is 13.6. The van der Waals surface area contributed by atoms with Gasteiger partial charge in [-0.3, -0.25) is 0 Å². The van der Waals surface area contributed by atoms with E-state index in [0.29, 0.717) is 5.92 Å². The predicted octanol–water partition coefficient (Wildman–Crippen LogP) is 9.85. The van der Waals surface area contributed by atoms with Crippen molar-refractivity contribution in [3.05, 3.63) is 76.2 Å². The van der Waals surface area contributed by atoms with Gasteiger partial charge in [0, 0.05) is 25.9 Å². The Morgan fingerprint density at radius 3 is 2.49 bits per heavy atom. The zero-order chi connectivity index (χ0) is 24.7. The van der Waals surface area contributed by atoms with Crippen LogP contribution in [-0.2, 0) is 11.8 Å². The highest BCUT2D eigenvalue weighted by Crippen LogP contribution is 2.42. The molecule has 178 valence electrons. The molecular weight excluding hydrogens is 464 g/mol. The molecule has 0 fully saturated rings. The standard InChI is InChI=1S/C31H32N2S2/c1-19(2)13-25-20(3)34-30-24(25)11-12-28-26(30)16-29(35-28)33-18-32-17-21-14-22-9-7-8-10-23(22)27(15-21)31(4,5)6/h7-12,14-19H,13H2,1-6H3/b32-17?,33-18-. The lowest BCUT2D eigenvalue weighted by molar-refractivity contribution is 0.596. The maximum atomic E-state index is 4.68. The first kappa shape index (κ1) is 23.9. The summed E-state index contributed by atoms with van der Waals surface area (Å²) in [5, 5.41) is 6.27. The molecule has 0 bridgehead atoms. The van der Waals surface area contributed by atoms with Gasteiger partial charge in [-0.1, -0.05) is 65.0 Å². The van der Waals surface area contributed by atoms with Crippen molar-refractivity contribution in [1.82, 2.24) is 0 Å². The number of aryl methyl sites for hydroxylation is 1. The molecule has 0 N–H and O–H groups in total. The number of fused-ring (bicyclic) bond motifs is 4. The van der Waals surface area contributed by atoms with E-state index >= 15 is 0 Å².